The standard InChI is InChI=1S/C23H26N4O/c1-14-7-9-27(10-8-14)23(28)20-11-21(18-12-24-17(4)25-13-18)26-22-16(3)15(2)5-6-19(20)22/h5-6,11-14H,7-10H2,1-4H3. The van der Waals surface area contributed by atoms with E-state index >= 15 is 0 Å². The lowest BCUT2D eigenvalue weighted by atomic mass is 9.96. The molecule has 0 N–H and O–H groups in total. The molecule has 2 aromatic heterocycles. The van der Waals surface area contributed by atoms with E-state index in [1.165, 1.54) is 5.56 Å². The largest absolute Gasteiger partial charge is 0.339 e. The molecule has 4 rings (SSSR count). The number of amides is 1. The molecule has 5 nitrogen and oxygen atoms in total. The second-order valence-corrected chi connectivity index (χ2v) is 7.95. The minimum Gasteiger partial charge on any atom is -0.339 e. The van der Waals surface area contributed by atoms with Crippen molar-refractivity contribution in [1.82, 2.24) is 19.9 Å². The summed E-state index contributed by atoms with van der Waals surface area (Å²) in [4.78, 5) is 28.9. The zero-order chi connectivity index (χ0) is 19.8. The number of fused-ring (bicyclic) bond motifs is 1. The molecule has 1 saturated heterocycles. The molecule has 1 aliphatic heterocycles. The summed E-state index contributed by atoms with van der Waals surface area (Å²) in [5.41, 5.74) is 5.45. The van der Waals surface area contributed by atoms with E-state index in [2.05, 4.69) is 36.8 Å². The molecule has 1 aliphatic rings. The van der Waals surface area contributed by atoms with Crippen molar-refractivity contribution in [2.24, 2.45) is 5.92 Å². The van der Waals surface area contributed by atoms with E-state index in [4.69, 9.17) is 4.98 Å². The van der Waals surface area contributed by atoms with Crippen molar-refractivity contribution in [2.75, 3.05) is 13.1 Å². The normalized spacial score (nSPS) is 15.2. The molecule has 3 aromatic rings. The molecule has 0 bridgehead atoms. The van der Waals surface area contributed by atoms with Gasteiger partial charge in [-0.15, -0.1) is 0 Å². The van der Waals surface area contributed by atoms with Crippen LogP contribution in [0.15, 0.2) is 30.6 Å². The Bertz CT molecular complexity index is 1030. The van der Waals surface area contributed by atoms with Crippen LogP contribution in [-0.2, 0) is 0 Å². The van der Waals surface area contributed by atoms with Gasteiger partial charge < -0.3 is 4.90 Å². The van der Waals surface area contributed by atoms with E-state index in [1.807, 2.05) is 24.0 Å². The zero-order valence-electron chi connectivity index (χ0n) is 17.0. The Morgan fingerprint density at radius 2 is 1.75 bits per heavy atom. The van der Waals surface area contributed by atoms with Gasteiger partial charge in [0.1, 0.15) is 5.82 Å². The average molecular weight is 374 g/mol. The number of likely N-dealkylation sites (tertiary alicyclic amines) is 1. The van der Waals surface area contributed by atoms with Crippen LogP contribution < -0.4 is 0 Å². The van der Waals surface area contributed by atoms with Crippen LogP contribution in [0.25, 0.3) is 22.2 Å². The van der Waals surface area contributed by atoms with Gasteiger partial charge in [0.2, 0.25) is 0 Å². The first-order valence-corrected chi connectivity index (χ1v) is 9.93. The van der Waals surface area contributed by atoms with Crippen molar-refractivity contribution in [3.05, 3.63) is 53.1 Å². The second kappa shape index (κ2) is 7.30. The van der Waals surface area contributed by atoms with E-state index in [0.29, 0.717) is 5.92 Å². The molecular weight excluding hydrogens is 348 g/mol. The molecule has 0 spiro atoms. The maximum atomic E-state index is 13.4. The third-order valence-electron chi connectivity index (χ3n) is 5.88. The number of nitrogens with zero attached hydrogens (tertiary/aromatic N) is 4. The Kier molecular flexibility index (Phi) is 4.84. The molecule has 0 atom stereocenters. The molecule has 1 fully saturated rings. The van der Waals surface area contributed by atoms with Crippen molar-refractivity contribution >= 4 is 16.8 Å². The highest BCUT2D eigenvalue weighted by Crippen LogP contribution is 2.29. The fourth-order valence-electron chi connectivity index (χ4n) is 3.76. The van der Waals surface area contributed by atoms with Gasteiger partial charge in [-0.1, -0.05) is 19.1 Å². The summed E-state index contributed by atoms with van der Waals surface area (Å²) >= 11 is 0. The molecule has 28 heavy (non-hydrogen) atoms. The second-order valence-electron chi connectivity index (χ2n) is 7.95. The molecule has 0 unspecified atom stereocenters. The molecule has 5 heteroatoms. The lowest BCUT2D eigenvalue weighted by molar-refractivity contribution is 0.0699. The highest BCUT2D eigenvalue weighted by Gasteiger charge is 2.24. The maximum Gasteiger partial charge on any atom is 0.254 e. The van der Waals surface area contributed by atoms with Crippen LogP contribution in [0.3, 0.4) is 0 Å². The Morgan fingerprint density at radius 1 is 1.07 bits per heavy atom. The van der Waals surface area contributed by atoms with Crippen LogP contribution in [0.4, 0.5) is 0 Å². The minimum atomic E-state index is 0.0943. The SMILES string of the molecule is Cc1ncc(-c2cc(C(=O)N3CCC(C)CC3)c3ccc(C)c(C)c3n2)cn1. The summed E-state index contributed by atoms with van der Waals surface area (Å²) < 4.78 is 0. The van der Waals surface area contributed by atoms with Crippen molar-refractivity contribution < 1.29 is 4.79 Å². The number of benzene rings is 1. The summed E-state index contributed by atoms with van der Waals surface area (Å²) in [5.74, 6) is 1.50. The number of piperidine rings is 1. The number of aryl methyl sites for hydroxylation is 3. The number of hydrogen-bond acceptors (Lipinski definition) is 4. The Morgan fingerprint density at radius 3 is 2.43 bits per heavy atom. The van der Waals surface area contributed by atoms with Crippen LogP contribution in [0.1, 0.15) is 47.1 Å². The van der Waals surface area contributed by atoms with Crippen molar-refractivity contribution in [3.63, 3.8) is 0 Å². The average Bonchev–Trinajstić information content (AvgIpc) is 2.71. The summed E-state index contributed by atoms with van der Waals surface area (Å²) in [6.07, 6.45) is 5.67. The zero-order valence-corrected chi connectivity index (χ0v) is 17.0. The molecule has 1 amide bonds. The number of hydrogen-bond donors (Lipinski definition) is 0. The predicted molar refractivity (Wildman–Crippen MR) is 111 cm³/mol. The third-order valence-corrected chi connectivity index (χ3v) is 5.88. The lowest BCUT2D eigenvalue weighted by Crippen LogP contribution is -2.38. The molecular formula is C23H26N4O. The first-order valence-electron chi connectivity index (χ1n) is 9.93. The number of aromatic nitrogens is 3. The molecule has 1 aromatic carbocycles. The van der Waals surface area contributed by atoms with E-state index in [1.54, 1.807) is 12.4 Å². The molecule has 144 valence electrons. The first kappa shape index (κ1) is 18.5. The quantitative estimate of drug-likeness (QED) is 0.663. The fraction of sp³-hybridized carbons (Fsp3) is 0.391. The van der Waals surface area contributed by atoms with Gasteiger partial charge in [0.25, 0.3) is 5.91 Å². The van der Waals surface area contributed by atoms with Crippen LogP contribution in [0.5, 0.6) is 0 Å². The van der Waals surface area contributed by atoms with Gasteiger partial charge >= 0.3 is 0 Å². The number of carbonyl (C=O) groups is 1. The Balaban J connectivity index is 1.87. The highest BCUT2D eigenvalue weighted by molar-refractivity contribution is 6.08. The van der Waals surface area contributed by atoms with Gasteiger partial charge in [-0.25, -0.2) is 15.0 Å². The predicted octanol–water partition coefficient (Wildman–Crippen LogP) is 4.49. The van der Waals surface area contributed by atoms with Crippen molar-refractivity contribution in [1.29, 1.82) is 0 Å². The van der Waals surface area contributed by atoms with Gasteiger partial charge in [-0.3, -0.25) is 4.79 Å². The van der Waals surface area contributed by atoms with Gasteiger partial charge in [-0.05, 0) is 56.7 Å². The molecule has 0 aliphatic carbocycles. The van der Waals surface area contributed by atoms with Crippen molar-refractivity contribution in [2.45, 2.75) is 40.5 Å². The Hall–Kier alpha value is -2.82. The van der Waals surface area contributed by atoms with E-state index in [-0.39, 0.29) is 5.91 Å². The number of carbonyl (C=O) groups excluding carboxylic acids is 1. The first-order chi connectivity index (χ1) is 13.4. The molecule has 0 saturated carbocycles. The maximum absolute atomic E-state index is 13.4. The number of pyridine rings is 1. The number of rotatable bonds is 2. The molecule has 0 radical (unpaired) electrons. The van der Waals surface area contributed by atoms with Gasteiger partial charge in [0, 0.05) is 36.4 Å². The van der Waals surface area contributed by atoms with Gasteiger partial charge in [0.05, 0.1) is 16.8 Å². The highest BCUT2D eigenvalue weighted by atomic mass is 16.2. The van der Waals surface area contributed by atoms with Crippen LogP contribution in [0, 0.1) is 26.7 Å². The van der Waals surface area contributed by atoms with Crippen molar-refractivity contribution in [3.8, 4) is 11.3 Å². The van der Waals surface area contributed by atoms with Gasteiger partial charge in [0.15, 0.2) is 0 Å². The molecule has 3 heterocycles. The van der Waals surface area contributed by atoms with Crippen LogP contribution >= 0.6 is 0 Å². The summed E-state index contributed by atoms with van der Waals surface area (Å²) in [7, 11) is 0. The summed E-state index contributed by atoms with van der Waals surface area (Å²) in [6, 6.07) is 6.01. The smallest absolute Gasteiger partial charge is 0.254 e. The van der Waals surface area contributed by atoms with E-state index < -0.39 is 0 Å². The topological polar surface area (TPSA) is 59.0 Å². The third kappa shape index (κ3) is 3.37. The Labute approximate surface area is 165 Å². The van der Waals surface area contributed by atoms with Crippen LogP contribution in [0.2, 0.25) is 0 Å². The fourth-order valence-corrected chi connectivity index (χ4v) is 3.76. The van der Waals surface area contributed by atoms with Crippen LogP contribution in [-0.4, -0.2) is 38.8 Å². The summed E-state index contributed by atoms with van der Waals surface area (Å²) in [5, 5.41) is 0.920. The lowest BCUT2D eigenvalue weighted by Gasteiger charge is -2.30. The van der Waals surface area contributed by atoms with E-state index in [0.717, 1.165) is 65.0 Å². The minimum absolute atomic E-state index is 0.0943. The van der Waals surface area contributed by atoms with E-state index in [9.17, 15) is 4.79 Å². The summed E-state index contributed by atoms with van der Waals surface area (Å²) in [6.45, 7) is 9.89. The van der Waals surface area contributed by atoms with Gasteiger partial charge in [-0.2, -0.15) is 0 Å². The monoisotopic (exact) mass is 374 g/mol.